The highest BCUT2D eigenvalue weighted by Gasteiger charge is 2.23. The fraction of sp³-hybridized carbons (Fsp3) is 0.647. The number of aromatic nitrogens is 2. The van der Waals surface area contributed by atoms with Crippen LogP contribution in [0.25, 0.3) is 0 Å². The zero-order valence-electron chi connectivity index (χ0n) is 15.2. The van der Waals surface area contributed by atoms with E-state index < -0.39 is 0 Å². The molecule has 1 aromatic rings. The third kappa shape index (κ3) is 6.30. The molecular weight excluding hydrogens is 320 g/mol. The highest BCUT2D eigenvalue weighted by molar-refractivity contribution is 5.96. The van der Waals surface area contributed by atoms with E-state index in [9.17, 15) is 9.59 Å². The predicted octanol–water partition coefficient (Wildman–Crippen LogP) is 0.415. The number of nitrogens with zero attached hydrogens (tertiary/aromatic N) is 3. The topological polar surface area (TPSA) is 113 Å². The Bertz CT molecular complexity index is 605. The summed E-state index contributed by atoms with van der Waals surface area (Å²) in [4.78, 5) is 34.1. The van der Waals surface area contributed by atoms with Crippen molar-refractivity contribution in [2.45, 2.75) is 39.2 Å². The van der Waals surface area contributed by atoms with Crippen LogP contribution in [0.3, 0.4) is 0 Å². The Labute approximate surface area is 148 Å². The molecule has 1 aromatic heterocycles. The molecule has 1 aliphatic rings. The molecule has 0 saturated carbocycles. The summed E-state index contributed by atoms with van der Waals surface area (Å²) >= 11 is 0. The first kappa shape index (κ1) is 19.1. The van der Waals surface area contributed by atoms with Crippen LogP contribution in [0.15, 0.2) is 12.4 Å². The molecule has 0 aliphatic carbocycles. The number of amides is 2. The number of nitrogens with one attached hydrogen (secondary N) is 2. The van der Waals surface area contributed by atoms with E-state index in [1.165, 1.54) is 12.4 Å². The quantitative estimate of drug-likeness (QED) is 0.710. The van der Waals surface area contributed by atoms with Crippen molar-refractivity contribution in [3.8, 4) is 0 Å². The molecular formula is C17H28N6O2. The van der Waals surface area contributed by atoms with Crippen LogP contribution in [0.1, 0.15) is 44.1 Å². The fourth-order valence-electron chi connectivity index (χ4n) is 2.85. The highest BCUT2D eigenvalue weighted by Crippen LogP contribution is 2.16. The summed E-state index contributed by atoms with van der Waals surface area (Å²) in [5.41, 5.74) is 5.62. The molecule has 8 heteroatoms. The monoisotopic (exact) mass is 348 g/mol. The Morgan fingerprint density at radius 1 is 1.24 bits per heavy atom. The molecule has 0 spiro atoms. The van der Waals surface area contributed by atoms with Crippen molar-refractivity contribution in [2.24, 2.45) is 5.92 Å². The number of likely N-dealkylation sites (tertiary alicyclic amines) is 1. The molecule has 1 saturated heterocycles. The first-order chi connectivity index (χ1) is 11.7. The van der Waals surface area contributed by atoms with E-state index >= 15 is 0 Å². The Balaban J connectivity index is 1.71. The van der Waals surface area contributed by atoms with Gasteiger partial charge in [0.25, 0.3) is 5.91 Å². The lowest BCUT2D eigenvalue weighted by atomic mass is 9.96. The lowest BCUT2D eigenvalue weighted by molar-refractivity contribution is -0.124. The summed E-state index contributed by atoms with van der Waals surface area (Å²) in [6.07, 6.45) is 4.79. The average Bonchev–Trinajstić information content (AvgIpc) is 2.52. The Hall–Kier alpha value is -2.22. The van der Waals surface area contributed by atoms with Crippen LogP contribution >= 0.6 is 0 Å². The van der Waals surface area contributed by atoms with Crippen LogP contribution in [-0.4, -0.2) is 58.4 Å². The summed E-state index contributed by atoms with van der Waals surface area (Å²) < 4.78 is 0. The molecule has 2 amide bonds. The van der Waals surface area contributed by atoms with Gasteiger partial charge in [-0.05, 0) is 52.6 Å². The van der Waals surface area contributed by atoms with E-state index in [0.29, 0.717) is 19.0 Å². The second-order valence-corrected chi connectivity index (χ2v) is 7.52. The third-order valence-corrected chi connectivity index (χ3v) is 4.08. The fourth-order valence-corrected chi connectivity index (χ4v) is 2.85. The van der Waals surface area contributed by atoms with Gasteiger partial charge in [-0.2, -0.15) is 0 Å². The minimum absolute atomic E-state index is 0.0531. The van der Waals surface area contributed by atoms with Crippen molar-refractivity contribution < 1.29 is 9.59 Å². The summed E-state index contributed by atoms with van der Waals surface area (Å²) in [6, 6.07) is 0. The van der Waals surface area contributed by atoms with Gasteiger partial charge in [0.05, 0.1) is 6.54 Å². The highest BCUT2D eigenvalue weighted by atomic mass is 16.2. The van der Waals surface area contributed by atoms with E-state index in [0.717, 1.165) is 25.9 Å². The minimum Gasteiger partial charge on any atom is -0.382 e. The standard InChI is InChI=1S/C17H28N6O2/c1-17(2,3)22-13(24)11-23-8-4-12(5-9-23)10-21-16(25)14-15(18)20-7-6-19-14/h6-7,12H,4-5,8-11H2,1-3H3,(H2,18,20)(H,21,25)(H,22,24). The van der Waals surface area contributed by atoms with Crippen LogP contribution < -0.4 is 16.4 Å². The molecule has 0 bridgehead atoms. The number of carbonyl (C=O) groups excluding carboxylic acids is 2. The number of anilines is 1. The normalized spacial score (nSPS) is 16.4. The lowest BCUT2D eigenvalue weighted by Gasteiger charge is -2.32. The molecule has 1 aliphatic heterocycles. The molecule has 0 atom stereocenters. The van der Waals surface area contributed by atoms with E-state index in [2.05, 4.69) is 25.5 Å². The largest absolute Gasteiger partial charge is 0.382 e. The van der Waals surface area contributed by atoms with Crippen molar-refractivity contribution in [3.63, 3.8) is 0 Å². The minimum atomic E-state index is -0.294. The number of hydrogen-bond acceptors (Lipinski definition) is 6. The summed E-state index contributed by atoms with van der Waals surface area (Å²) in [6.45, 7) is 8.64. The van der Waals surface area contributed by atoms with Crippen molar-refractivity contribution in [1.82, 2.24) is 25.5 Å². The van der Waals surface area contributed by atoms with Gasteiger partial charge in [0, 0.05) is 24.5 Å². The lowest BCUT2D eigenvalue weighted by Crippen LogP contribution is -2.48. The van der Waals surface area contributed by atoms with Crippen molar-refractivity contribution >= 4 is 17.6 Å². The molecule has 0 radical (unpaired) electrons. The molecule has 4 N–H and O–H groups in total. The van der Waals surface area contributed by atoms with Crippen LogP contribution in [0, 0.1) is 5.92 Å². The summed E-state index contributed by atoms with van der Waals surface area (Å²) in [5, 5.41) is 5.86. The van der Waals surface area contributed by atoms with Gasteiger partial charge >= 0.3 is 0 Å². The average molecular weight is 348 g/mol. The maximum absolute atomic E-state index is 12.1. The van der Waals surface area contributed by atoms with E-state index in [4.69, 9.17) is 5.73 Å². The molecule has 0 unspecified atom stereocenters. The van der Waals surface area contributed by atoms with E-state index in [1.54, 1.807) is 0 Å². The molecule has 138 valence electrons. The van der Waals surface area contributed by atoms with Gasteiger partial charge < -0.3 is 16.4 Å². The number of hydrogen-bond donors (Lipinski definition) is 3. The first-order valence-corrected chi connectivity index (χ1v) is 8.62. The van der Waals surface area contributed by atoms with Crippen LogP contribution in [0.5, 0.6) is 0 Å². The van der Waals surface area contributed by atoms with Crippen LogP contribution in [-0.2, 0) is 4.79 Å². The number of nitrogen functional groups attached to an aromatic ring is 1. The maximum Gasteiger partial charge on any atom is 0.273 e. The second kappa shape index (κ2) is 8.24. The SMILES string of the molecule is CC(C)(C)NC(=O)CN1CCC(CNC(=O)c2nccnc2N)CC1. The van der Waals surface area contributed by atoms with Gasteiger partial charge in [-0.1, -0.05) is 0 Å². The van der Waals surface area contributed by atoms with Gasteiger partial charge in [-0.3, -0.25) is 14.5 Å². The van der Waals surface area contributed by atoms with Gasteiger partial charge in [0.1, 0.15) is 0 Å². The van der Waals surface area contributed by atoms with E-state index in [-0.39, 0.29) is 28.9 Å². The smallest absolute Gasteiger partial charge is 0.273 e. The van der Waals surface area contributed by atoms with Crippen molar-refractivity contribution in [1.29, 1.82) is 0 Å². The van der Waals surface area contributed by atoms with Gasteiger partial charge in [0.2, 0.25) is 5.91 Å². The zero-order chi connectivity index (χ0) is 18.4. The zero-order valence-corrected chi connectivity index (χ0v) is 15.2. The van der Waals surface area contributed by atoms with Gasteiger partial charge in [-0.15, -0.1) is 0 Å². The molecule has 0 aromatic carbocycles. The summed E-state index contributed by atoms with van der Waals surface area (Å²) in [7, 11) is 0. The summed E-state index contributed by atoms with van der Waals surface area (Å²) in [5.74, 6) is 0.290. The van der Waals surface area contributed by atoms with Gasteiger partial charge in [0.15, 0.2) is 11.5 Å². The Morgan fingerprint density at radius 3 is 2.48 bits per heavy atom. The third-order valence-electron chi connectivity index (χ3n) is 4.08. The Kier molecular flexibility index (Phi) is 6.30. The molecule has 25 heavy (non-hydrogen) atoms. The first-order valence-electron chi connectivity index (χ1n) is 8.62. The van der Waals surface area contributed by atoms with E-state index in [1.807, 2.05) is 20.8 Å². The predicted molar refractivity (Wildman–Crippen MR) is 95.8 cm³/mol. The number of nitrogens with two attached hydrogens (primary N) is 1. The maximum atomic E-state index is 12.1. The number of piperidine rings is 1. The number of rotatable bonds is 5. The molecule has 1 fully saturated rings. The molecule has 8 nitrogen and oxygen atoms in total. The van der Waals surface area contributed by atoms with Crippen molar-refractivity contribution in [3.05, 3.63) is 18.1 Å². The van der Waals surface area contributed by atoms with Crippen LogP contribution in [0.4, 0.5) is 5.82 Å². The molecule has 2 heterocycles. The Morgan fingerprint density at radius 2 is 1.88 bits per heavy atom. The second-order valence-electron chi connectivity index (χ2n) is 7.52. The van der Waals surface area contributed by atoms with Gasteiger partial charge in [-0.25, -0.2) is 9.97 Å². The van der Waals surface area contributed by atoms with Crippen LogP contribution in [0.2, 0.25) is 0 Å². The molecule has 2 rings (SSSR count). The number of carbonyl (C=O) groups is 2. The van der Waals surface area contributed by atoms with Crippen molar-refractivity contribution in [2.75, 3.05) is 31.9 Å².